The van der Waals surface area contributed by atoms with E-state index in [0.717, 1.165) is 13.0 Å². The Bertz CT molecular complexity index is 826. The quantitative estimate of drug-likeness (QED) is 0.113. The maximum Gasteiger partial charge on any atom is 0.220 e. The second-order valence-electron chi connectivity index (χ2n) is 11.9. The molecular formula is C36H62N2O. The summed E-state index contributed by atoms with van der Waals surface area (Å²) in [5.41, 5.74) is 1.24. The fourth-order valence-corrected chi connectivity index (χ4v) is 5.81. The Morgan fingerprint density at radius 2 is 1.03 bits per heavy atom. The molecular weight excluding hydrogens is 476 g/mol. The van der Waals surface area contributed by atoms with Crippen molar-refractivity contribution in [3.63, 3.8) is 0 Å². The Morgan fingerprint density at radius 3 is 1.51 bits per heavy atom. The molecule has 0 spiro atoms. The minimum absolute atomic E-state index is 0.204. The molecule has 222 valence electrons. The van der Waals surface area contributed by atoms with Gasteiger partial charge in [0.1, 0.15) is 0 Å². The van der Waals surface area contributed by atoms with Crippen LogP contribution in [-0.4, -0.2) is 17.0 Å². The molecule has 0 atom stereocenters. The smallest absolute Gasteiger partial charge is 0.220 e. The lowest BCUT2D eigenvalue weighted by molar-refractivity contribution is -0.121. The first kappa shape index (κ1) is 33.4. The van der Waals surface area contributed by atoms with E-state index in [9.17, 15) is 4.79 Å². The predicted molar refractivity (Wildman–Crippen MR) is 171 cm³/mol. The van der Waals surface area contributed by atoms with Crippen molar-refractivity contribution in [2.75, 3.05) is 6.54 Å². The van der Waals surface area contributed by atoms with Crippen LogP contribution in [0.2, 0.25) is 0 Å². The first-order chi connectivity index (χ1) is 19.3. The van der Waals surface area contributed by atoms with Crippen LogP contribution >= 0.6 is 0 Å². The number of benzene rings is 1. The lowest BCUT2D eigenvalue weighted by Gasteiger charge is -2.08. The van der Waals surface area contributed by atoms with E-state index in [4.69, 9.17) is 0 Å². The first-order valence-corrected chi connectivity index (χ1v) is 17.1. The number of hydrogen-bond donors (Lipinski definition) is 1. The second kappa shape index (κ2) is 24.1. The van der Waals surface area contributed by atoms with Crippen LogP contribution in [0.4, 0.5) is 0 Å². The first-order valence-electron chi connectivity index (χ1n) is 17.1. The molecule has 1 N–H and O–H groups in total. The lowest BCUT2D eigenvalue weighted by Crippen LogP contribution is -2.26. The van der Waals surface area contributed by atoms with Gasteiger partial charge in [0.05, 0.1) is 0 Å². The number of rotatable bonds is 27. The molecule has 0 unspecified atom stereocenters. The summed E-state index contributed by atoms with van der Waals surface area (Å²) in [6, 6.07) is 10.5. The molecule has 39 heavy (non-hydrogen) atoms. The zero-order valence-corrected chi connectivity index (χ0v) is 25.7. The van der Waals surface area contributed by atoms with Gasteiger partial charge in [0.2, 0.25) is 5.91 Å². The van der Waals surface area contributed by atoms with Gasteiger partial charge in [-0.15, -0.1) is 0 Å². The topological polar surface area (TPSA) is 34.0 Å². The average molecular weight is 539 g/mol. The van der Waals surface area contributed by atoms with E-state index in [0.29, 0.717) is 13.0 Å². The third-order valence-electron chi connectivity index (χ3n) is 8.36. The molecule has 0 saturated carbocycles. The zero-order chi connectivity index (χ0) is 27.6. The fourth-order valence-electron chi connectivity index (χ4n) is 5.81. The summed E-state index contributed by atoms with van der Waals surface area (Å²) in [5.74, 6) is 0.204. The largest absolute Gasteiger partial charge is 0.354 e. The number of hydrogen-bond acceptors (Lipinski definition) is 1. The van der Waals surface area contributed by atoms with E-state index in [-0.39, 0.29) is 5.91 Å². The summed E-state index contributed by atoms with van der Waals surface area (Å²) < 4.78 is 2.22. The number of amides is 1. The number of para-hydroxylation sites is 1. The van der Waals surface area contributed by atoms with E-state index >= 15 is 0 Å². The van der Waals surface area contributed by atoms with Crippen LogP contribution in [0.1, 0.15) is 161 Å². The molecule has 0 bridgehead atoms. The molecule has 0 fully saturated rings. The van der Waals surface area contributed by atoms with E-state index in [2.05, 4.69) is 53.3 Å². The summed E-state index contributed by atoms with van der Waals surface area (Å²) in [5, 5.41) is 4.35. The highest BCUT2D eigenvalue weighted by Gasteiger charge is 2.03. The van der Waals surface area contributed by atoms with Gasteiger partial charge in [0.15, 0.2) is 0 Å². The van der Waals surface area contributed by atoms with Crippen molar-refractivity contribution in [3.8, 4) is 0 Å². The highest BCUT2D eigenvalue weighted by atomic mass is 16.1. The van der Waals surface area contributed by atoms with Gasteiger partial charge in [-0.3, -0.25) is 4.79 Å². The van der Waals surface area contributed by atoms with Crippen molar-refractivity contribution in [2.45, 2.75) is 168 Å². The number of carbonyl (C=O) groups excluding carboxylic acids is 1. The minimum Gasteiger partial charge on any atom is -0.354 e. The number of nitrogens with zero attached hydrogens (tertiary/aromatic N) is 1. The van der Waals surface area contributed by atoms with Gasteiger partial charge in [-0.05, 0) is 23.9 Å². The Hall–Kier alpha value is -1.77. The van der Waals surface area contributed by atoms with Crippen molar-refractivity contribution in [2.24, 2.45) is 0 Å². The van der Waals surface area contributed by atoms with Gasteiger partial charge in [-0.2, -0.15) is 0 Å². The van der Waals surface area contributed by atoms with Gasteiger partial charge in [-0.1, -0.05) is 166 Å². The summed E-state index contributed by atoms with van der Waals surface area (Å²) in [7, 11) is 0. The standard InChI is InChI=1S/C36H62N2O/c1-2-3-4-5-6-7-8-9-10-11-12-13-14-15-16-17-18-19-20-21-22-23-24-29-36(39)37-31-33-38-32-30-34-27-25-26-28-35(34)38/h25-28,30,32H,2-24,29,31,33H2,1H3,(H,37,39). The van der Waals surface area contributed by atoms with Crippen molar-refractivity contribution in [1.29, 1.82) is 0 Å². The summed E-state index contributed by atoms with van der Waals surface area (Å²) in [6.45, 7) is 3.83. The molecule has 0 aliphatic heterocycles. The summed E-state index contributed by atoms with van der Waals surface area (Å²) in [4.78, 5) is 12.1. The van der Waals surface area contributed by atoms with Gasteiger partial charge in [-0.25, -0.2) is 0 Å². The number of unbranched alkanes of at least 4 members (excludes halogenated alkanes) is 22. The van der Waals surface area contributed by atoms with E-state index in [1.165, 1.54) is 152 Å². The molecule has 1 aromatic carbocycles. The highest BCUT2D eigenvalue weighted by molar-refractivity contribution is 5.80. The molecule has 3 nitrogen and oxygen atoms in total. The fraction of sp³-hybridized carbons (Fsp3) is 0.750. The van der Waals surface area contributed by atoms with Gasteiger partial charge < -0.3 is 9.88 Å². The third kappa shape index (κ3) is 17.5. The Kier molecular flexibility index (Phi) is 20.6. The molecule has 1 aromatic heterocycles. The monoisotopic (exact) mass is 538 g/mol. The number of carbonyl (C=O) groups is 1. The van der Waals surface area contributed by atoms with Crippen molar-refractivity contribution < 1.29 is 4.79 Å². The normalized spacial score (nSPS) is 11.4. The number of fused-ring (bicyclic) bond motifs is 1. The number of aromatic nitrogens is 1. The third-order valence-corrected chi connectivity index (χ3v) is 8.36. The molecule has 3 heteroatoms. The molecule has 0 radical (unpaired) electrons. The summed E-state index contributed by atoms with van der Waals surface area (Å²) >= 11 is 0. The molecule has 0 saturated heterocycles. The maximum atomic E-state index is 12.1. The van der Waals surface area contributed by atoms with Crippen LogP contribution in [0.25, 0.3) is 10.9 Å². The molecule has 0 aliphatic carbocycles. The van der Waals surface area contributed by atoms with Crippen molar-refractivity contribution in [3.05, 3.63) is 36.5 Å². The SMILES string of the molecule is CCCCCCCCCCCCCCCCCCCCCCCCCC(=O)NCCn1ccc2ccccc21. The van der Waals surface area contributed by atoms with Gasteiger partial charge in [0.25, 0.3) is 0 Å². The molecule has 1 amide bonds. The van der Waals surface area contributed by atoms with Crippen molar-refractivity contribution in [1.82, 2.24) is 9.88 Å². The average Bonchev–Trinajstić information content (AvgIpc) is 3.36. The van der Waals surface area contributed by atoms with Crippen LogP contribution in [0.3, 0.4) is 0 Å². The highest BCUT2D eigenvalue weighted by Crippen LogP contribution is 2.16. The second-order valence-corrected chi connectivity index (χ2v) is 11.9. The van der Waals surface area contributed by atoms with Crippen LogP contribution in [0.15, 0.2) is 36.5 Å². The van der Waals surface area contributed by atoms with Crippen molar-refractivity contribution >= 4 is 16.8 Å². The van der Waals surface area contributed by atoms with Gasteiger partial charge >= 0.3 is 0 Å². The number of nitrogens with one attached hydrogen (secondary N) is 1. The van der Waals surface area contributed by atoms with Crippen LogP contribution in [-0.2, 0) is 11.3 Å². The Morgan fingerprint density at radius 1 is 0.590 bits per heavy atom. The van der Waals surface area contributed by atoms with Gasteiger partial charge in [0, 0.05) is 31.2 Å². The molecule has 1 heterocycles. The minimum atomic E-state index is 0.204. The van der Waals surface area contributed by atoms with E-state index in [1.807, 2.05) is 0 Å². The lowest BCUT2D eigenvalue weighted by atomic mass is 10.0. The zero-order valence-electron chi connectivity index (χ0n) is 25.7. The van der Waals surface area contributed by atoms with E-state index < -0.39 is 0 Å². The molecule has 2 rings (SSSR count). The van der Waals surface area contributed by atoms with Crippen LogP contribution in [0.5, 0.6) is 0 Å². The Labute approximate surface area is 241 Å². The maximum absolute atomic E-state index is 12.1. The van der Waals surface area contributed by atoms with Crippen LogP contribution < -0.4 is 5.32 Å². The molecule has 0 aliphatic rings. The predicted octanol–water partition coefficient (Wildman–Crippen LogP) is 11.1. The molecule has 2 aromatic rings. The van der Waals surface area contributed by atoms with Crippen LogP contribution in [0, 0.1) is 0 Å². The van der Waals surface area contributed by atoms with E-state index in [1.54, 1.807) is 0 Å². The summed E-state index contributed by atoms with van der Waals surface area (Å²) in [6.07, 6.45) is 35.0. The Balaban J connectivity index is 1.24.